The summed E-state index contributed by atoms with van der Waals surface area (Å²) in [6, 6.07) is 1.33. The molecule has 2 heterocycles. The molecule has 1 atom stereocenters. The Labute approximate surface area is 114 Å². The number of amides is 2. The molecule has 5 nitrogen and oxygen atoms in total. The minimum Gasteiger partial charge on any atom is -0.336 e. The zero-order valence-electron chi connectivity index (χ0n) is 10.9. The number of hydrogen-bond acceptors (Lipinski definition) is 2. The van der Waals surface area contributed by atoms with Gasteiger partial charge in [0.05, 0.1) is 12.5 Å². The Bertz CT molecular complexity index is 432. The molecule has 0 aliphatic carbocycles. The van der Waals surface area contributed by atoms with Gasteiger partial charge in [-0.3, -0.25) is 4.68 Å². The van der Waals surface area contributed by atoms with Crippen molar-refractivity contribution in [2.24, 2.45) is 5.92 Å². The Balaban J connectivity index is 1.77. The lowest BCUT2D eigenvalue weighted by Crippen LogP contribution is -2.49. The van der Waals surface area contributed by atoms with Crippen LogP contribution in [0.2, 0.25) is 0 Å². The molecule has 0 aromatic carbocycles. The first-order chi connectivity index (χ1) is 9.47. The number of rotatable bonds is 3. The molecule has 0 saturated carbocycles. The van der Waals surface area contributed by atoms with E-state index in [1.807, 2.05) is 0 Å². The number of urea groups is 1. The largest absolute Gasteiger partial charge is 0.393 e. The lowest BCUT2D eigenvalue weighted by atomic mass is 9.98. The summed E-state index contributed by atoms with van der Waals surface area (Å²) < 4.78 is 39.6. The smallest absolute Gasteiger partial charge is 0.336 e. The van der Waals surface area contributed by atoms with Gasteiger partial charge in [0.2, 0.25) is 0 Å². The van der Waals surface area contributed by atoms with Crippen molar-refractivity contribution < 1.29 is 18.0 Å². The summed E-state index contributed by atoms with van der Waals surface area (Å²) in [6.45, 7) is 0.959. The lowest BCUT2D eigenvalue weighted by Gasteiger charge is -2.33. The van der Waals surface area contributed by atoms with Crippen LogP contribution in [0.4, 0.5) is 18.0 Å². The van der Waals surface area contributed by atoms with Gasteiger partial charge in [0.15, 0.2) is 0 Å². The molecule has 1 aliphatic rings. The van der Waals surface area contributed by atoms with E-state index < -0.39 is 18.1 Å². The topological polar surface area (TPSA) is 50.2 Å². The van der Waals surface area contributed by atoms with Crippen LogP contribution in [0, 0.1) is 5.92 Å². The Kier molecular flexibility index (Phi) is 4.51. The predicted molar refractivity (Wildman–Crippen MR) is 66.0 cm³/mol. The first-order valence-corrected chi connectivity index (χ1v) is 6.54. The number of carbonyl (C=O) groups excluding carboxylic acids is 1. The number of halogens is 3. The standard InChI is InChI=1S/C12H17F3N4O/c13-12(14,15)10-3-1-6-18(9-10)11(20)16-5-8-19-7-2-4-17-19/h2,4,7,10H,1,3,5-6,8-9H2,(H,16,20). The van der Waals surface area contributed by atoms with E-state index in [0.29, 0.717) is 26.1 Å². The van der Waals surface area contributed by atoms with Gasteiger partial charge in [-0.15, -0.1) is 0 Å². The van der Waals surface area contributed by atoms with E-state index >= 15 is 0 Å². The predicted octanol–water partition coefficient (Wildman–Crippen LogP) is 1.87. The number of nitrogens with zero attached hydrogens (tertiary/aromatic N) is 3. The molecule has 0 radical (unpaired) electrons. The molecule has 1 aliphatic heterocycles. The molecule has 2 rings (SSSR count). The number of carbonyl (C=O) groups is 1. The molecule has 1 aromatic heterocycles. The van der Waals surface area contributed by atoms with Crippen molar-refractivity contribution in [1.29, 1.82) is 0 Å². The van der Waals surface area contributed by atoms with Gasteiger partial charge in [-0.2, -0.15) is 18.3 Å². The SMILES string of the molecule is O=C(NCCn1cccn1)N1CCCC(C(F)(F)F)C1. The molecule has 1 saturated heterocycles. The first kappa shape index (κ1) is 14.7. The Hall–Kier alpha value is -1.73. The fourth-order valence-electron chi connectivity index (χ4n) is 2.25. The molecule has 112 valence electrons. The molecule has 1 N–H and O–H groups in total. The normalized spacial score (nSPS) is 19.9. The lowest BCUT2D eigenvalue weighted by molar-refractivity contribution is -0.183. The summed E-state index contributed by atoms with van der Waals surface area (Å²) in [5.41, 5.74) is 0. The van der Waals surface area contributed by atoms with Crippen molar-refractivity contribution >= 4 is 6.03 Å². The maximum atomic E-state index is 12.6. The van der Waals surface area contributed by atoms with E-state index in [9.17, 15) is 18.0 Å². The number of nitrogens with one attached hydrogen (secondary N) is 1. The van der Waals surface area contributed by atoms with Crippen molar-refractivity contribution in [1.82, 2.24) is 20.0 Å². The highest BCUT2D eigenvalue weighted by Crippen LogP contribution is 2.32. The average Bonchev–Trinajstić information content (AvgIpc) is 2.91. The van der Waals surface area contributed by atoms with Crippen LogP contribution in [0.1, 0.15) is 12.8 Å². The third-order valence-electron chi connectivity index (χ3n) is 3.35. The molecule has 0 bridgehead atoms. The summed E-state index contributed by atoms with van der Waals surface area (Å²) in [5, 5.41) is 6.59. The maximum absolute atomic E-state index is 12.6. The van der Waals surface area contributed by atoms with E-state index in [-0.39, 0.29) is 13.0 Å². The second kappa shape index (κ2) is 6.15. The summed E-state index contributed by atoms with van der Waals surface area (Å²) in [4.78, 5) is 13.1. The van der Waals surface area contributed by atoms with Gasteiger partial charge in [0.1, 0.15) is 0 Å². The third kappa shape index (κ3) is 3.88. The average molecular weight is 290 g/mol. The molecule has 1 unspecified atom stereocenters. The van der Waals surface area contributed by atoms with E-state index in [4.69, 9.17) is 0 Å². The van der Waals surface area contributed by atoms with Gasteiger partial charge >= 0.3 is 12.2 Å². The molecule has 2 amide bonds. The highest BCUT2D eigenvalue weighted by atomic mass is 19.4. The Morgan fingerprint density at radius 1 is 1.45 bits per heavy atom. The zero-order valence-corrected chi connectivity index (χ0v) is 10.9. The van der Waals surface area contributed by atoms with E-state index in [2.05, 4.69) is 10.4 Å². The van der Waals surface area contributed by atoms with E-state index in [0.717, 1.165) is 0 Å². The Morgan fingerprint density at radius 3 is 2.90 bits per heavy atom. The monoisotopic (exact) mass is 290 g/mol. The van der Waals surface area contributed by atoms with Gasteiger partial charge in [0.25, 0.3) is 0 Å². The molecule has 20 heavy (non-hydrogen) atoms. The highest BCUT2D eigenvalue weighted by Gasteiger charge is 2.42. The molecular weight excluding hydrogens is 273 g/mol. The number of likely N-dealkylation sites (tertiary alicyclic amines) is 1. The second-order valence-corrected chi connectivity index (χ2v) is 4.83. The van der Waals surface area contributed by atoms with Gasteiger partial charge in [-0.25, -0.2) is 4.79 Å². The van der Waals surface area contributed by atoms with Crippen LogP contribution in [0.3, 0.4) is 0 Å². The van der Waals surface area contributed by atoms with Gasteiger partial charge in [-0.05, 0) is 18.9 Å². The first-order valence-electron chi connectivity index (χ1n) is 6.54. The van der Waals surface area contributed by atoms with Crippen LogP contribution in [-0.4, -0.2) is 46.5 Å². The number of aromatic nitrogens is 2. The molecule has 1 fully saturated rings. The van der Waals surface area contributed by atoms with Crippen LogP contribution in [0.15, 0.2) is 18.5 Å². The fourth-order valence-corrected chi connectivity index (χ4v) is 2.25. The van der Waals surface area contributed by atoms with Gasteiger partial charge < -0.3 is 10.2 Å². The van der Waals surface area contributed by atoms with Crippen LogP contribution in [0.25, 0.3) is 0 Å². The molecule has 0 spiro atoms. The van der Waals surface area contributed by atoms with Crippen molar-refractivity contribution in [2.45, 2.75) is 25.6 Å². The second-order valence-electron chi connectivity index (χ2n) is 4.83. The summed E-state index contributed by atoms with van der Waals surface area (Å²) in [5.74, 6) is -1.41. The summed E-state index contributed by atoms with van der Waals surface area (Å²) in [7, 11) is 0. The minimum atomic E-state index is -4.23. The van der Waals surface area contributed by atoms with Gasteiger partial charge in [0, 0.05) is 32.0 Å². The quantitative estimate of drug-likeness (QED) is 0.924. The third-order valence-corrected chi connectivity index (χ3v) is 3.35. The van der Waals surface area contributed by atoms with Crippen LogP contribution in [0.5, 0.6) is 0 Å². The maximum Gasteiger partial charge on any atom is 0.393 e. The highest BCUT2D eigenvalue weighted by molar-refractivity contribution is 5.74. The van der Waals surface area contributed by atoms with Crippen LogP contribution < -0.4 is 5.32 Å². The summed E-state index contributed by atoms with van der Waals surface area (Å²) in [6.07, 6.45) is -0.363. The zero-order chi connectivity index (χ0) is 14.6. The number of hydrogen-bond donors (Lipinski definition) is 1. The van der Waals surface area contributed by atoms with Crippen LogP contribution in [-0.2, 0) is 6.54 Å². The van der Waals surface area contributed by atoms with Crippen molar-refractivity contribution in [2.75, 3.05) is 19.6 Å². The molecule has 8 heteroatoms. The van der Waals surface area contributed by atoms with Crippen LogP contribution >= 0.6 is 0 Å². The van der Waals surface area contributed by atoms with Crippen molar-refractivity contribution in [3.05, 3.63) is 18.5 Å². The Morgan fingerprint density at radius 2 is 2.25 bits per heavy atom. The molecule has 1 aromatic rings. The minimum absolute atomic E-state index is 0.0978. The number of alkyl halides is 3. The van der Waals surface area contributed by atoms with E-state index in [1.165, 1.54) is 4.90 Å². The fraction of sp³-hybridized carbons (Fsp3) is 0.667. The van der Waals surface area contributed by atoms with Crippen molar-refractivity contribution in [3.63, 3.8) is 0 Å². The summed E-state index contributed by atoms with van der Waals surface area (Å²) >= 11 is 0. The molecular formula is C12H17F3N4O. The number of piperidine rings is 1. The van der Waals surface area contributed by atoms with Crippen molar-refractivity contribution in [3.8, 4) is 0 Å². The van der Waals surface area contributed by atoms with Gasteiger partial charge in [-0.1, -0.05) is 0 Å². The van der Waals surface area contributed by atoms with E-state index in [1.54, 1.807) is 23.1 Å².